The molecule has 1 aliphatic rings. The fourth-order valence-corrected chi connectivity index (χ4v) is 4.14. The summed E-state index contributed by atoms with van der Waals surface area (Å²) in [5.74, 6) is -3.30. The quantitative estimate of drug-likeness (QED) is 0.119. The lowest BCUT2D eigenvalue weighted by atomic mass is 9.98. The van der Waals surface area contributed by atoms with Gasteiger partial charge in [0.15, 0.2) is 16.7 Å². The minimum absolute atomic E-state index is 0.0655. The van der Waals surface area contributed by atoms with E-state index in [1.807, 2.05) is 0 Å². The van der Waals surface area contributed by atoms with Gasteiger partial charge >= 0.3 is 16.3 Å². The Hall–Kier alpha value is -3.71. The second-order valence-electron chi connectivity index (χ2n) is 7.44. The van der Waals surface area contributed by atoms with E-state index in [0.29, 0.717) is 0 Å². The van der Waals surface area contributed by atoms with Gasteiger partial charge in [0.1, 0.15) is 17.8 Å². The molecule has 0 bridgehead atoms. The maximum absolute atomic E-state index is 13.0. The van der Waals surface area contributed by atoms with Crippen LogP contribution in [0.5, 0.6) is 0 Å². The molecule has 3 heterocycles. The molecule has 0 unspecified atom stereocenters. The van der Waals surface area contributed by atoms with Crippen molar-refractivity contribution in [2.75, 3.05) is 5.73 Å². The largest absolute Gasteiger partial charge is 0.478 e. The Kier molecular flexibility index (Phi) is 6.53. The van der Waals surface area contributed by atoms with Crippen LogP contribution in [-0.4, -0.2) is 88.8 Å². The Morgan fingerprint density at radius 2 is 2.09 bits per heavy atom. The van der Waals surface area contributed by atoms with Gasteiger partial charge in [-0.2, -0.15) is 13.2 Å². The van der Waals surface area contributed by atoms with Crippen LogP contribution < -0.4 is 11.1 Å². The summed E-state index contributed by atoms with van der Waals surface area (Å²) in [5.41, 5.74) is 3.17. The molecule has 0 saturated carbocycles. The number of hydrogen-bond acceptors (Lipinski definition) is 13. The summed E-state index contributed by atoms with van der Waals surface area (Å²) in [5, 5.41) is 27.7. The van der Waals surface area contributed by atoms with Crippen LogP contribution in [-0.2, 0) is 36.1 Å². The van der Waals surface area contributed by atoms with Crippen molar-refractivity contribution in [3.8, 4) is 0 Å². The van der Waals surface area contributed by atoms with E-state index in [1.165, 1.54) is 26.2 Å². The topological polar surface area (TPSA) is 245 Å². The highest BCUT2D eigenvalue weighted by Crippen LogP contribution is 2.25. The minimum Gasteiger partial charge on any atom is -0.478 e. The highest BCUT2D eigenvalue weighted by atomic mass is 32.2. The number of hydrogen-bond donors (Lipinski definition) is 4. The molecule has 2 atom stereocenters. The minimum atomic E-state index is -4.96. The Bertz CT molecular complexity index is 1270. The molecule has 19 heteroatoms. The molecule has 0 aromatic carbocycles. The lowest BCUT2D eigenvalue weighted by molar-refractivity contribution is -0.161. The molecule has 2 aromatic heterocycles. The van der Waals surface area contributed by atoms with Gasteiger partial charge in [0.25, 0.3) is 11.8 Å². The van der Waals surface area contributed by atoms with Crippen molar-refractivity contribution in [1.29, 1.82) is 0 Å². The molecule has 0 aliphatic carbocycles. The van der Waals surface area contributed by atoms with Gasteiger partial charge in [0, 0.05) is 5.38 Å². The second kappa shape index (κ2) is 8.91. The first kappa shape index (κ1) is 24.9. The Morgan fingerprint density at radius 1 is 1.41 bits per heavy atom. The predicted molar refractivity (Wildman–Crippen MR) is 113 cm³/mol. The van der Waals surface area contributed by atoms with Gasteiger partial charge in [-0.15, -0.1) is 21.5 Å². The van der Waals surface area contributed by atoms with Crippen LogP contribution in [0.25, 0.3) is 0 Å². The molecule has 17 nitrogen and oxygen atoms in total. The van der Waals surface area contributed by atoms with E-state index in [0.717, 1.165) is 16.1 Å². The van der Waals surface area contributed by atoms with Crippen molar-refractivity contribution in [3.63, 3.8) is 0 Å². The maximum Gasteiger partial charge on any atom is 0.362 e. The van der Waals surface area contributed by atoms with Crippen LogP contribution in [0.1, 0.15) is 25.4 Å². The molecular weight excluding hydrogens is 498 g/mol. The number of aromatic nitrogens is 5. The molecule has 2 aromatic rings. The number of aryl methyl sites for hydroxylation is 1. The van der Waals surface area contributed by atoms with E-state index in [2.05, 4.69) is 30.9 Å². The highest BCUT2D eigenvalue weighted by molar-refractivity contribution is 7.84. The zero-order valence-electron chi connectivity index (χ0n) is 17.8. The zero-order valence-corrected chi connectivity index (χ0v) is 19.4. The average Bonchev–Trinajstić information content (AvgIpc) is 3.32. The number of nitrogen functional groups attached to an aromatic ring is 1. The first-order chi connectivity index (χ1) is 15.7. The van der Waals surface area contributed by atoms with Crippen molar-refractivity contribution < 1.29 is 37.3 Å². The Labute approximate surface area is 195 Å². The number of oxime groups is 1. The molecule has 1 aliphatic heterocycles. The number of carbonyl (C=O) groups excluding carboxylic acids is 2. The number of rotatable bonds is 9. The van der Waals surface area contributed by atoms with Gasteiger partial charge in [-0.25, -0.2) is 14.1 Å². The van der Waals surface area contributed by atoms with E-state index in [-0.39, 0.29) is 27.5 Å². The number of amides is 2. The number of carboxylic acids is 1. The summed E-state index contributed by atoms with van der Waals surface area (Å²) in [6.45, 7) is 3.56. The van der Waals surface area contributed by atoms with E-state index in [9.17, 15) is 32.5 Å². The third-order valence-electron chi connectivity index (χ3n) is 4.47. The van der Waals surface area contributed by atoms with Gasteiger partial charge in [-0.3, -0.25) is 14.1 Å². The molecular formula is C15H19N9O8S2. The number of anilines is 1. The molecule has 3 rings (SSSR count). The van der Waals surface area contributed by atoms with Crippen molar-refractivity contribution >= 4 is 50.3 Å². The summed E-state index contributed by atoms with van der Waals surface area (Å²) in [6, 6.07) is -2.76. The number of thiazole rings is 1. The zero-order chi connectivity index (χ0) is 25.4. The fourth-order valence-electron chi connectivity index (χ4n) is 2.72. The van der Waals surface area contributed by atoms with E-state index < -0.39 is 51.5 Å². The van der Waals surface area contributed by atoms with Crippen LogP contribution in [0, 0.1) is 6.92 Å². The summed E-state index contributed by atoms with van der Waals surface area (Å²) >= 11 is 0.957. The van der Waals surface area contributed by atoms with Gasteiger partial charge in [-0.1, -0.05) is 5.16 Å². The van der Waals surface area contributed by atoms with Crippen LogP contribution in [0.3, 0.4) is 0 Å². The van der Waals surface area contributed by atoms with Crippen molar-refractivity contribution in [3.05, 3.63) is 16.9 Å². The second-order valence-corrected chi connectivity index (χ2v) is 9.62. The average molecular weight is 518 g/mol. The molecule has 2 amide bonds. The van der Waals surface area contributed by atoms with Gasteiger partial charge in [-0.05, 0) is 26.0 Å². The first-order valence-electron chi connectivity index (χ1n) is 9.27. The Morgan fingerprint density at radius 3 is 2.59 bits per heavy atom. The van der Waals surface area contributed by atoms with Crippen LogP contribution >= 0.6 is 11.3 Å². The van der Waals surface area contributed by atoms with Crippen LogP contribution in [0.2, 0.25) is 0 Å². The summed E-state index contributed by atoms with van der Waals surface area (Å²) < 4.78 is 32.9. The van der Waals surface area contributed by atoms with Crippen molar-refractivity contribution in [1.82, 2.24) is 34.8 Å². The molecule has 34 heavy (non-hydrogen) atoms. The molecule has 0 spiro atoms. The number of nitrogens with two attached hydrogens (primary N) is 1. The van der Waals surface area contributed by atoms with E-state index >= 15 is 0 Å². The third-order valence-corrected chi connectivity index (χ3v) is 6.09. The van der Waals surface area contributed by atoms with E-state index in [1.54, 1.807) is 0 Å². The van der Waals surface area contributed by atoms with Crippen molar-refractivity contribution in [2.45, 2.75) is 45.0 Å². The number of aliphatic carboxylic acids is 1. The van der Waals surface area contributed by atoms with Gasteiger partial charge in [0.2, 0.25) is 5.60 Å². The number of nitrogens with one attached hydrogen (secondary N) is 1. The highest BCUT2D eigenvalue weighted by Gasteiger charge is 2.54. The first-order valence-corrected chi connectivity index (χ1v) is 11.5. The fraction of sp³-hybridized carbons (Fsp3) is 0.467. The molecule has 1 saturated heterocycles. The standard InChI is InChI=1S/C15H19N9O8S2/c1-6-19-22-23(20-6)4-8-10(12(26)24(8)34(29,30)31)18-11(25)9(7-5-33-14(16)17-7)21-32-15(2,3)13(27)28/h5,8,10H,4H2,1-3H3,(H2,16,17)(H,18,25)(H,27,28)(H,29,30,31)/b21-9-/t8-,10+/m1/s1. The van der Waals surface area contributed by atoms with Crippen molar-refractivity contribution in [2.24, 2.45) is 5.16 Å². The SMILES string of the molecule is Cc1nnn(C[C@@H]2[C@H](NC(=O)/C(=N\OC(C)(C)C(=O)O)c3csc(N)n3)C(=O)N2S(=O)(=O)O)n1. The predicted octanol–water partition coefficient (Wildman–Crippen LogP) is -2.20. The number of β-lactam (4-membered cyclic amide) rings is 1. The normalized spacial score (nSPS) is 19.0. The monoisotopic (exact) mass is 517 g/mol. The number of carboxylic acid groups (broad SMARTS) is 1. The smallest absolute Gasteiger partial charge is 0.362 e. The number of nitrogens with zero attached hydrogens (tertiary/aromatic N) is 7. The molecule has 1 fully saturated rings. The lowest BCUT2D eigenvalue weighted by Gasteiger charge is -2.43. The van der Waals surface area contributed by atoms with Gasteiger partial charge < -0.3 is 21.0 Å². The summed E-state index contributed by atoms with van der Waals surface area (Å²) in [4.78, 5) is 46.6. The Balaban J connectivity index is 1.89. The van der Waals surface area contributed by atoms with Gasteiger partial charge in [0.05, 0.1) is 6.54 Å². The van der Waals surface area contributed by atoms with Crippen LogP contribution in [0.4, 0.5) is 5.13 Å². The third kappa shape index (κ3) is 5.10. The maximum atomic E-state index is 13.0. The summed E-state index contributed by atoms with van der Waals surface area (Å²) in [7, 11) is -4.96. The number of tetrazole rings is 1. The van der Waals surface area contributed by atoms with Crippen LogP contribution in [0.15, 0.2) is 10.5 Å². The van der Waals surface area contributed by atoms with E-state index in [4.69, 9.17) is 10.6 Å². The number of carbonyl (C=O) groups is 3. The molecule has 0 radical (unpaired) electrons. The molecule has 5 N–H and O–H groups in total. The molecule has 184 valence electrons. The summed E-state index contributed by atoms with van der Waals surface area (Å²) in [6.07, 6.45) is 0. The lowest BCUT2D eigenvalue weighted by Crippen LogP contribution is -2.73.